The van der Waals surface area contributed by atoms with Crippen LogP contribution in [-0.2, 0) is 0 Å². The van der Waals surface area contributed by atoms with Crippen LogP contribution in [0.5, 0.6) is 0 Å². The number of allylic oxidation sites excluding steroid dienone is 2. The fourth-order valence-electron chi connectivity index (χ4n) is 1.77. The number of nitrogens with zero attached hydrogens (tertiary/aromatic N) is 1. The maximum Gasteiger partial charge on any atom is 0.0331 e. The molecule has 1 aliphatic heterocycles. The van der Waals surface area contributed by atoms with Crippen LogP contribution in [0.25, 0.3) is 0 Å². The second-order valence-electron chi connectivity index (χ2n) is 3.57. The van der Waals surface area contributed by atoms with E-state index in [0.717, 1.165) is 18.8 Å². The first-order chi connectivity index (χ1) is 6.27. The minimum atomic E-state index is 0.635. The highest BCUT2D eigenvalue weighted by Crippen LogP contribution is 2.14. The molecule has 0 amide bonds. The lowest BCUT2D eigenvalue weighted by Crippen LogP contribution is -2.43. The Morgan fingerprint density at radius 1 is 1.62 bits per heavy atom. The van der Waals surface area contributed by atoms with Crippen molar-refractivity contribution in [1.82, 2.24) is 10.2 Å². The topological polar surface area (TPSA) is 15.3 Å². The van der Waals surface area contributed by atoms with Gasteiger partial charge in [-0.15, -0.1) is 0 Å². The lowest BCUT2D eigenvalue weighted by molar-refractivity contribution is 0.248. The summed E-state index contributed by atoms with van der Waals surface area (Å²) >= 11 is 0. The van der Waals surface area contributed by atoms with Crippen LogP contribution < -0.4 is 5.32 Å². The van der Waals surface area contributed by atoms with Gasteiger partial charge in [-0.2, -0.15) is 0 Å². The van der Waals surface area contributed by atoms with Crippen molar-refractivity contribution in [2.75, 3.05) is 20.1 Å². The monoisotopic (exact) mass is 180 g/mol. The highest BCUT2D eigenvalue weighted by molar-refractivity contribution is 5.13. The van der Waals surface area contributed by atoms with Crippen LogP contribution in [0.1, 0.15) is 19.8 Å². The molecule has 1 saturated heterocycles. The van der Waals surface area contributed by atoms with Crippen LogP contribution in [0.4, 0.5) is 0 Å². The van der Waals surface area contributed by atoms with Gasteiger partial charge in [-0.05, 0) is 32.9 Å². The molecule has 1 rings (SSSR count). The van der Waals surface area contributed by atoms with Crippen LogP contribution in [0.3, 0.4) is 0 Å². The molecule has 0 bridgehead atoms. The summed E-state index contributed by atoms with van der Waals surface area (Å²) in [4.78, 5) is 2.35. The summed E-state index contributed by atoms with van der Waals surface area (Å²) in [5, 5.41) is 3.32. The van der Waals surface area contributed by atoms with Gasteiger partial charge in [0.1, 0.15) is 0 Å². The number of likely N-dealkylation sites (N-methyl/N-ethyl adjacent to an activating group) is 1. The molecule has 0 saturated carbocycles. The number of nitrogens with one attached hydrogen (secondary N) is 1. The molecule has 1 heterocycles. The Morgan fingerprint density at radius 3 is 3.00 bits per heavy atom. The first-order valence-electron chi connectivity index (χ1n) is 5.01. The third-order valence-electron chi connectivity index (χ3n) is 2.59. The van der Waals surface area contributed by atoms with Crippen LogP contribution in [0, 0.1) is 0 Å². The van der Waals surface area contributed by atoms with E-state index >= 15 is 0 Å². The normalized spacial score (nSPS) is 23.8. The lowest BCUT2D eigenvalue weighted by Gasteiger charge is -2.34. The van der Waals surface area contributed by atoms with Gasteiger partial charge in [-0.25, -0.2) is 0 Å². The maximum atomic E-state index is 4.05. The van der Waals surface area contributed by atoms with Crippen molar-refractivity contribution in [2.45, 2.75) is 25.8 Å². The minimum Gasteiger partial charge on any atom is -0.370 e. The summed E-state index contributed by atoms with van der Waals surface area (Å²) in [7, 11) is 2.03. The second-order valence-corrected chi connectivity index (χ2v) is 3.57. The minimum absolute atomic E-state index is 0.635. The predicted octanol–water partition coefficient (Wildman–Crippen LogP) is 1.76. The van der Waals surface area contributed by atoms with Crippen LogP contribution >= 0.6 is 0 Å². The van der Waals surface area contributed by atoms with E-state index in [0.29, 0.717) is 6.04 Å². The summed E-state index contributed by atoms with van der Waals surface area (Å²) < 4.78 is 0. The average molecular weight is 180 g/mol. The number of piperidine rings is 1. The molecule has 0 aromatic heterocycles. The Hall–Kier alpha value is -0.760. The van der Waals surface area contributed by atoms with Crippen molar-refractivity contribution in [3.8, 4) is 0 Å². The van der Waals surface area contributed by atoms with E-state index in [2.05, 4.69) is 22.9 Å². The van der Waals surface area contributed by atoms with Crippen molar-refractivity contribution in [3.63, 3.8) is 0 Å². The van der Waals surface area contributed by atoms with Crippen molar-refractivity contribution < 1.29 is 0 Å². The van der Waals surface area contributed by atoms with E-state index in [1.54, 1.807) is 0 Å². The molecule has 74 valence electrons. The van der Waals surface area contributed by atoms with Gasteiger partial charge >= 0.3 is 0 Å². The molecule has 0 spiro atoms. The van der Waals surface area contributed by atoms with Crippen molar-refractivity contribution in [3.05, 3.63) is 24.4 Å². The highest BCUT2D eigenvalue weighted by Gasteiger charge is 2.17. The molecular formula is C11H20N2. The van der Waals surface area contributed by atoms with Crippen LogP contribution in [0.15, 0.2) is 24.4 Å². The number of rotatable bonds is 3. The third kappa shape index (κ3) is 2.88. The van der Waals surface area contributed by atoms with E-state index in [9.17, 15) is 0 Å². The molecular weight excluding hydrogens is 160 g/mol. The fraction of sp³-hybridized carbons (Fsp3) is 0.636. The molecule has 0 aromatic rings. The summed E-state index contributed by atoms with van der Waals surface area (Å²) in [6.45, 7) is 8.33. The SMILES string of the molecule is C=C(/C=C\C)N1CCCC(NC)C1. The summed E-state index contributed by atoms with van der Waals surface area (Å²) in [5.74, 6) is 0. The molecule has 1 fully saturated rings. The van der Waals surface area contributed by atoms with E-state index in [-0.39, 0.29) is 0 Å². The van der Waals surface area contributed by atoms with Crippen molar-refractivity contribution >= 4 is 0 Å². The van der Waals surface area contributed by atoms with Gasteiger partial charge in [0.15, 0.2) is 0 Å². The molecule has 1 N–H and O–H groups in total. The molecule has 13 heavy (non-hydrogen) atoms. The van der Waals surface area contributed by atoms with Gasteiger partial charge in [-0.3, -0.25) is 0 Å². The van der Waals surface area contributed by atoms with Crippen LogP contribution in [0.2, 0.25) is 0 Å². The zero-order chi connectivity index (χ0) is 9.68. The second kappa shape index (κ2) is 5.07. The van der Waals surface area contributed by atoms with E-state index in [4.69, 9.17) is 0 Å². The maximum absolute atomic E-state index is 4.05. The number of likely N-dealkylation sites (tertiary alicyclic amines) is 1. The molecule has 0 aromatic carbocycles. The zero-order valence-corrected chi connectivity index (χ0v) is 8.71. The first kappa shape index (κ1) is 10.3. The fourth-order valence-corrected chi connectivity index (χ4v) is 1.77. The zero-order valence-electron chi connectivity index (χ0n) is 8.71. The summed E-state index contributed by atoms with van der Waals surface area (Å²) in [6, 6.07) is 0.635. The van der Waals surface area contributed by atoms with Gasteiger partial charge in [0.2, 0.25) is 0 Å². The van der Waals surface area contributed by atoms with Gasteiger partial charge in [-0.1, -0.05) is 12.7 Å². The standard InChI is InChI=1S/C11H20N2/c1-4-6-10(2)13-8-5-7-11(9-13)12-3/h4,6,11-12H,2,5,7-9H2,1,3H3/b6-4-. The Morgan fingerprint density at radius 2 is 2.38 bits per heavy atom. The van der Waals surface area contributed by atoms with Crippen molar-refractivity contribution in [1.29, 1.82) is 0 Å². The molecule has 1 unspecified atom stereocenters. The third-order valence-corrected chi connectivity index (χ3v) is 2.59. The number of hydrogen-bond acceptors (Lipinski definition) is 2. The molecule has 2 heteroatoms. The Kier molecular flexibility index (Phi) is 4.03. The smallest absolute Gasteiger partial charge is 0.0331 e. The first-order valence-corrected chi connectivity index (χ1v) is 5.01. The van der Waals surface area contributed by atoms with E-state index in [1.165, 1.54) is 12.8 Å². The Bertz CT molecular complexity index is 196. The largest absolute Gasteiger partial charge is 0.370 e. The predicted molar refractivity (Wildman–Crippen MR) is 57.6 cm³/mol. The van der Waals surface area contributed by atoms with Gasteiger partial charge in [0.05, 0.1) is 0 Å². The van der Waals surface area contributed by atoms with Crippen LogP contribution in [-0.4, -0.2) is 31.1 Å². The Labute approximate surface area is 81.3 Å². The number of hydrogen-bond donors (Lipinski definition) is 1. The summed E-state index contributed by atoms with van der Waals surface area (Å²) in [6.07, 6.45) is 6.68. The molecule has 2 nitrogen and oxygen atoms in total. The summed E-state index contributed by atoms with van der Waals surface area (Å²) in [5.41, 5.74) is 1.14. The van der Waals surface area contributed by atoms with Gasteiger partial charge in [0.25, 0.3) is 0 Å². The van der Waals surface area contributed by atoms with Gasteiger partial charge in [0, 0.05) is 24.8 Å². The molecule has 1 atom stereocenters. The lowest BCUT2D eigenvalue weighted by atomic mass is 10.1. The quantitative estimate of drug-likeness (QED) is 0.666. The molecule has 0 aliphatic carbocycles. The highest BCUT2D eigenvalue weighted by atomic mass is 15.2. The van der Waals surface area contributed by atoms with Crippen molar-refractivity contribution in [2.24, 2.45) is 0 Å². The molecule has 1 aliphatic rings. The van der Waals surface area contributed by atoms with Gasteiger partial charge < -0.3 is 10.2 Å². The average Bonchev–Trinajstić information content (AvgIpc) is 2.18. The molecule has 0 radical (unpaired) electrons. The van der Waals surface area contributed by atoms with E-state index in [1.807, 2.05) is 20.0 Å². The van der Waals surface area contributed by atoms with E-state index < -0.39 is 0 Å². The Balaban J connectivity index is 2.46.